The monoisotopic (exact) mass is 226 g/mol. The fourth-order valence-electron chi connectivity index (χ4n) is 2.48. The Morgan fingerprint density at radius 3 is 2.50 bits per heavy atom. The van der Waals surface area contributed by atoms with Gasteiger partial charge in [-0.3, -0.25) is 4.79 Å². The lowest BCUT2D eigenvalue weighted by Gasteiger charge is -2.41. The van der Waals surface area contributed by atoms with Crippen LogP contribution >= 0.6 is 0 Å². The second-order valence-corrected chi connectivity index (χ2v) is 5.92. The van der Waals surface area contributed by atoms with Crippen LogP contribution in [0.1, 0.15) is 47.0 Å². The number of amides is 1. The zero-order chi connectivity index (χ0) is 12.3. The normalized spacial score (nSPS) is 35.3. The van der Waals surface area contributed by atoms with Crippen molar-refractivity contribution in [3.8, 4) is 0 Å². The first-order valence-electron chi connectivity index (χ1n) is 6.42. The maximum atomic E-state index is 11.7. The number of carbonyl (C=O) groups excluding carboxylic acids is 1. The van der Waals surface area contributed by atoms with Gasteiger partial charge < -0.3 is 11.1 Å². The molecule has 0 heterocycles. The maximum Gasteiger partial charge on any atom is 0.237 e. The first-order chi connectivity index (χ1) is 7.37. The summed E-state index contributed by atoms with van der Waals surface area (Å²) in [6.45, 7) is 9.65. The van der Waals surface area contributed by atoms with Crippen LogP contribution in [0.3, 0.4) is 0 Å². The van der Waals surface area contributed by atoms with E-state index in [9.17, 15) is 4.79 Å². The topological polar surface area (TPSA) is 55.1 Å². The van der Waals surface area contributed by atoms with Crippen LogP contribution in [0.4, 0.5) is 0 Å². The molecule has 0 aromatic rings. The van der Waals surface area contributed by atoms with Gasteiger partial charge >= 0.3 is 0 Å². The van der Waals surface area contributed by atoms with Crippen molar-refractivity contribution in [3.05, 3.63) is 0 Å². The molecule has 3 nitrogen and oxygen atoms in total. The molecule has 3 N–H and O–H groups in total. The van der Waals surface area contributed by atoms with Crippen molar-refractivity contribution in [3.63, 3.8) is 0 Å². The van der Waals surface area contributed by atoms with E-state index in [1.54, 1.807) is 0 Å². The molecule has 3 unspecified atom stereocenters. The van der Waals surface area contributed by atoms with Gasteiger partial charge in [-0.25, -0.2) is 0 Å². The van der Waals surface area contributed by atoms with E-state index < -0.39 is 5.54 Å². The largest absolute Gasteiger partial charge is 0.368 e. The van der Waals surface area contributed by atoms with Gasteiger partial charge in [-0.15, -0.1) is 0 Å². The molecule has 0 aromatic carbocycles. The van der Waals surface area contributed by atoms with Crippen molar-refractivity contribution >= 4 is 5.91 Å². The van der Waals surface area contributed by atoms with Crippen LogP contribution in [-0.2, 0) is 4.79 Å². The Morgan fingerprint density at radius 1 is 1.44 bits per heavy atom. The predicted octanol–water partition coefficient (Wildman–Crippen LogP) is 1.91. The van der Waals surface area contributed by atoms with Crippen LogP contribution in [0.5, 0.6) is 0 Å². The molecule has 0 radical (unpaired) electrons. The number of nitrogens with one attached hydrogen (secondary N) is 1. The molecule has 0 saturated heterocycles. The number of hydrogen-bond acceptors (Lipinski definition) is 2. The first-order valence-corrected chi connectivity index (χ1v) is 6.42. The Bertz CT molecular complexity index is 252. The average Bonchev–Trinajstić information content (AvgIpc) is 2.20. The predicted molar refractivity (Wildman–Crippen MR) is 66.9 cm³/mol. The van der Waals surface area contributed by atoms with E-state index in [0.29, 0.717) is 17.8 Å². The summed E-state index contributed by atoms with van der Waals surface area (Å²) in [5.74, 6) is 1.65. The van der Waals surface area contributed by atoms with E-state index in [-0.39, 0.29) is 5.91 Å². The molecule has 0 aromatic heterocycles. The molecule has 0 bridgehead atoms. The number of carbonyl (C=O) groups is 1. The molecule has 3 heteroatoms. The van der Waals surface area contributed by atoms with Gasteiger partial charge in [0.1, 0.15) is 0 Å². The van der Waals surface area contributed by atoms with Crippen LogP contribution in [-0.4, -0.2) is 18.0 Å². The van der Waals surface area contributed by atoms with E-state index in [1.807, 2.05) is 0 Å². The quantitative estimate of drug-likeness (QED) is 0.769. The fraction of sp³-hybridized carbons (Fsp3) is 0.923. The number of primary amides is 1. The second kappa shape index (κ2) is 5.17. The molecule has 1 aliphatic carbocycles. The molecule has 1 saturated carbocycles. The molecule has 94 valence electrons. The highest BCUT2D eigenvalue weighted by atomic mass is 16.1. The Labute approximate surface area is 99.2 Å². The van der Waals surface area contributed by atoms with Crippen LogP contribution < -0.4 is 11.1 Å². The summed E-state index contributed by atoms with van der Waals surface area (Å²) < 4.78 is 0. The second-order valence-electron chi connectivity index (χ2n) is 5.92. The van der Waals surface area contributed by atoms with Crippen molar-refractivity contribution in [2.75, 3.05) is 6.54 Å². The smallest absolute Gasteiger partial charge is 0.237 e. The number of rotatable bonds is 4. The summed E-state index contributed by atoms with van der Waals surface area (Å²) in [6.07, 6.45) is 2.87. The van der Waals surface area contributed by atoms with Crippen LogP contribution in [0.25, 0.3) is 0 Å². The summed E-state index contributed by atoms with van der Waals surface area (Å²) in [4.78, 5) is 11.7. The molecule has 1 fully saturated rings. The molecular weight excluding hydrogens is 200 g/mol. The van der Waals surface area contributed by atoms with Gasteiger partial charge in [0.25, 0.3) is 0 Å². The molecule has 1 amide bonds. The van der Waals surface area contributed by atoms with E-state index in [1.165, 1.54) is 0 Å². The standard InChI is InChI=1S/C13H26N2O/c1-9(2)8-15-13(12(14)16)6-5-10(3)11(4)7-13/h9-11,15H,5-8H2,1-4H3,(H2,14,16). The SMILES string of the molecule is CC(C)CNC1(C(N)=O)CCC(C)C(C)C1. The Morgan fingerprint density at radius 2 is 2.06 bits per heavy atom. The Hall–Kier alpha value is -0.570. The lowest BCUT2D eigenvalue weighted by atomic mass is 9.70. The third-order valence-electron chi connectivity index (χ3n) is 3.99. The van der Waals surface area contributed by atoms with E-state index in [2.05, 4.69) is 33.0 Å². The highest BCUT2D eigenvalue weighted by Gasteiger charge is 2.41. The highest BCUT2D eigenvalue weighted by molar-refractivity contribution is 5.84. The average molecular weight is 226 g/mol. The minimum absolute atomic E-state index is 0.174. The number of nitrogens with two attached hydrogens (primary N) is 1. The van der Waals surface area contributed by atoms with Crippen LogP contribution in [0, 0.1) is 17.8 Å². The summed E-state index contributed by atoms with van der Waals surface area (Å²) >= 11 is 0. The summed E-state index contributed by atoms with van der Waals surface area (Å²) in [5, 5.41) is 3.41. The summed E-state index contributed by atoms with van der Waals surface area (Å²) in [7, 11) is 0. The van der Waals surface area contributed by atoms with Crippen molar-refractivity contribution in [1.82, 2.24) is 5.32 Å². The van der Waals surface area contributed by atoms with Gasteiger partial charge in [-0.05, 0) is 43.6 Å². The lowest BCUT2D eigenvalue weighted by Crippen LogP contribution is -2.59. The zero-order valence-corrected chi connectivity index (χ0v) is 11.0. The summed E-state index contributed by atoms with van der Waals surface area (Å²) in [6, 6.07) is 0. The van der Waals surface area contributed by atoms with Crippen LogP contribution in [0.2, 0.25) is 0 Å². The first kappa shape index (κ1) is 13.5. The molecule has 3 atom stereocenters. The lowest BCUT2D eigenvalue weighted by molar-refractivity contribution is -0.127. The highest BCUT2D eigenvalue weighted by Crippen LogP contribution is 2.36. The van der Waals surface area contributed by atoms with Crippen molar-refractivity contribution in [2.24, 2.45) is 23.5 Å². The Balaban J connectivity index is 2.70. The van der Waals surface area contributed by atoms with Crippen LogP contribution in [0.15, 0.2) is 0 Å². The molecule has 1 rings (SSSR count). The third-order valence-corrected chi connectivity index (χ3v) is 3.99. The molecule has 1 aliphatic rings. The van der Waals surface area contributed by atoms with Gasteiger partial charge in [0.2, 0.25) is 5.91 Å². The molecule has 16 heavy (non-hydrogen) atoms. The van der Waals surface area contributed by atoms with E-state index >= 15 is 0 Å². The molecular formula is C13H26N2O. The molecule has 0 spiro atoms. The van der Waals surface area contributed by atoms with E-state index in [0.717, 1.165) is 25.8 Å². The van der Waals surface area contributed by atoms with Crippen molar-refractivity contribution < 1.29 is 4.79 Å². The van der Waals surface area contributed by atoms with Gasteiger partial charge in [-0.1, -0.05) is 27.7 Å². The minimum atomic E-state index is -0.448. The zero-order valence-electron chi connectivity index (χ0n) is 11.0. The van der Waals surface area contributed by atoms with Crippen molar-refractivity contribution in [2.45, 2.75) is 52.5 Å². The number of hydrogen-bond donors (Lipinski definition) is 2. The van der Waals surface area contributed by atoms with Gasteiger partial charge in [0.15, 0.2) is 0 Å². The minimum Gasteiger partial charge on any atom is -0.368 e. The maximum absolute atomic E-state index is 11.7. The van der Waals surface area contributed by atoms with Gasteiger partial charge in [0, 0.05) is 0 Å². The summed E-state index contributed by atoms with van der Waals surface area (Å²) in [5.41, 5.74) is 5.15. The molecule has 0 aliphatic heterocycles. The third kappa shape index (κ3) is 2.97. The Kier molecular flexibility index (Phi) is 4.36. The van der Waals surface area contributed by atoms with E-state index in [4.69, 9.17) is 5.73 Å². The van der Waals surface area contributed by atoms with Gasteiger partial charge in [0.05, 0.1) is 5.54 Å². The van der Waals surface area contributed by atoms with Gasteiger partial charge in [-0.2, -0.15) is 0 Å². The fourth-order valence-corrected chi connectivity index (χ4v) is 2.48. The van der Waals surface area contributed by atoms with Crippen molar-refractivity contribution in [1.29, 1.82) is 0 Å².